The second-order valence-corrected chi connectivity index (χ2v) is 7.94. The molecule has 3 heteroatoms. The zero-order valence-corrected chi connectivity index (χ0v) is 14.3. The summed E-state index contributed by atoms with van der Waals surface area (Å²) in [6.07, 6.45) is 5.54. The normalized spacial score (nSPS) is 39.5. The van der Waals surface area contributed by atoms with E-state index in [4.69, 9.17) is 4.74 Å². The molecular weight excluding hydrogens is 248 g/mol. The minimum Gasteiger partial charge on any atom is -0.377 e. The third-order valence-electron chi connectivity index (χ3n) is 5.79. The molecule has 5 atom stereocenters. The van der Waals surface area contributed by atoms with Crippen molar-refractivity contribution in [1.29, 1.82) is 0 Å². The Labute approximate surface area is 125 Å². The first kappa shape index (κ1) is 16.3. The highest BCUT2D eigenvalue weighted by molar-refractivity contribution is 4.96. The maximum atomic E-state index is 5.78. The summed E-state index contributed by atoms with van der Waals surface area (Å²) in [7, 11) is 4.44. The Morgan fingerprint density at radius 3 is 2.30 bits per heavy atom. The first-order valence-electron chi connectivity index (χ1n) is 8.35. The minimum atomic E-state index is 0.382. The van der Waals surface area contributed by atoms with E-state index in [2.05, 4.69) is 52.0 Å². The average molecular weight is 282 g/mol. The molecule has 0 amide bonds. The van der Waals surface area contributed by atoms with E-state index in [1.165, 1.54) is 25.7 Å². The van der Waals surface area contributed by atoms with Gasteiger partial charge in [-0.05, 0) is 58.0 Å². The van der Waals surface area contributed by atoms with E-state index in [1.807, 2.05) is 0 Å². The SMILES string of the molecule is CNC1CCC(C(C)(C)C)CC1N(C)C1CCOC1C. The molecule has 0 radical (unpaired) electrons. The average Bonchev–Trinajstić information content (AvgIpc) is 2.82. The van der Waals surface area contributed by atoms with Gasteiger partial charge < -0.3 is 10.1 Å². The fourth-order valence-electron chi connectivity index (χ4n) is 4.22. The quantitative estimate of drug-likeness (QED) is 0.861. The van der Waals surface area contributed by atoms with Crippen LogP contribution in [0.3, 0.4) is 0 Å². The van der Waals surface area contributed by atoms with E-state index in [1.54, 1.807) is 0 Å². The van der Waals surface area contributed by atoms with Gasteiger partial charge in [-0.1, -0.05) is 20.8 Å². The fraction of sp³-hybridized carbons (Fsp3) is 1.00. The molecule has 0 spiro atoms. The summed E-state index contributed by atoms with van der Waals surface area (Å²) < 4.78 is 5.78. The number of ether oxygens (including phenoxy) is 1. The molecule has 2 fully saturated rings. The second kappa shape index (κ2) is 6.33. The van der Waals surface area contributed by atoms with Gasteiger partial charge in [0.25, 0.3) is 0 Å². The third-order valence-corrected chi connectivity index (χ3v) is 5.79. The highest BCUT2D eigenvalue weighted by Crippen LogP contribution is 2.40. The molecule has 118 valence electrons. The van der Waals surface area contributed by atoms with Crippen LogP contribution in [0.2, 0.25) is 0 Å². The van der Waals surface area contributed by atoms with Crippen molar-refractivity contribution in [2.45, 2.75) is 77.6 Å². The van der Waals surface area contributed by atoms with Crippen molar-refractivity contribution in [2.24, 2.45) is 11.3 Å². The molecule has 20 heavy (non-hydrogen) atoms. The molecular formula is C17H34N2O. The zero-order valence-electron chi connectivity index (χ0n) is 14.3. The molecule has 1 aliphatic carbocycles. The van der Waals surface area contributed by atoms with Gasteiger partial charge in [-0.3, -0.25) is 4.90 Å². The van der Waals surface area contributed by atoms with Crippen LogP contribution in [0, 0.1) is 11.3 Å². The fourth-order valence-corrected chi connectivity index (χ4v) is 4.22. The van der Waals surface area contributed by atoms with Crippen molar-refractivity contribution in [3.8, 4) is 0 Å². The highest BCUT2D eigenvalue weighted by Gasteiger charge is 2.40. The van der Waals surface area contributed by atoms with Gasteiger partial charge in [-0.15, -0.1) is 0 Å². The van der Waals surface area contributed by atoms with Crippen LogP contribution in [0.4, 0.5) is 0 Å². The summed E-state index contributed by atoms with van der Waals surface area (Å²) in [6.45, 7) is 10.4. The molecule has 0 bridgehead atoms. The van der Waals surface area contributed by atoms with E-state index in [0.29, 0.717) is 29.6 Å². The predicted molar refractivity (Wildman–Crippen MR) is 85.0 cm³/mol. The molecule has 3 nitrogen and oxygen atoms in total. The van der Waals surface area contributed by atoms with Gasteiger partial charge >= 0.3 is 0 Å². The van der Waals surface area contributed by atoms with Crippen LogP contribution < -0.4 is 5.32 Å². The Kier molecular flexibility index (Phi) is 5.14. The topological polar surface area (TPSA) is 24.5 Å². The Morgan fingerprint density at radius 1 is 1.10 bits per heavy atom. The lowest BCUT2D eigenvalue weighted by molar-refractivity contribution is 0.0234. The van der Waals surface area contributed by atoms with Crippen molar-refractivity contribution in [2.75, 3.05) is 20.7 Å². The monoisotopic (exact) mass is 282 g/mol. The van der Waals surface area contributed by atoms with Crippen LogP contribution >= 0.6 is 0 Å². The first-order valence-corrected chi connectivity index (χ1v) is 8.35. The van der Waals surface area contributed by atoms with Crippen LogP contribution in [0.25, 0.3) is 0 Å². The molecule has 0 aromatic rings. The van der Waals surface area contributed by atoms with Crippen molar-refractivity contribution < 1.29 is 4.74 Å². The van der Waals surface area contributed by atoms with Gasteiger partial charge in [-0.25, -0.2) is 0 Å². The van der Waals surface area contributed by atoms with Gasteiger partial charge in [0.05, 0.1) is 6.10 Å². The molecule has 1 aliphatic heterocycles. The Bertz CT molecular complexity index is 313. The predicted octanol–water partition coefficient (Wildman–Crippen LogP) is 2.90. The Hall–Kier alpha value is -0.120. The van der Waals surface area contributed by atoms with Crippen LogP contribution in [-0.2, 0) is 4.74 Å². The third kappa shape index (κ3) is 3.37. The molecule has 1 saturated heterocycles. The lowest BCUT2D eigenvalue weighted by Crippen LogP contribution is -2.56. The summed E-state index contributed by atoms with van der Waals surface area (Å²) in [5.74, 6) is 0.831. The number of nitrogens with one attached hydrogen (secondary N) is 1. The van der Waals surface area contributed by atoms with E-state index in [9.17, 15) is 0 Å². The molecule has 1 heterocycles. The summed E-state index contributed by atoms with van der Waals surface area (Å²) >= 11 is 0. The summed E-state index contributed by atoms with van der Waals surface area (Å²) in [5.41, 5.74) is 0.426. The standard InChI is InChI=1S/C17H34N2O/c1-12-15(9-10-20-12)19(6)16-11-13(17(2,3)4)7-8-14(16)18-5/h12-16,18H,7-11H2,1-6H3. The number of likely N-dealkylation sites (N-methyl/N-ethyl adjacent to an activating group) is 2. The molecule has 1 saturated carbocycles. The molecule has 1 N–H and O–H groups in total. The largest absolute Gasteiger partial charge is 0.377 e. The number of nitrogens with zero attached hydrogens (tertiary/aromatic N) is 1. The zero-order chi connectivity index (χ0) is 14.9. The van der Waals surface area contributed by atoms with E-state index < -0.39 is 0 Å². The maximum absolute atomic E-state index is 5.78. The summed E-state index contributed by atoms with van der Waals surface area (Å²) in [4.78, 5) is 2.62. The number of rotatable bonds is 3. The molecule has 2 aliphatic rings. The summed E-state index contributed by atoms with van der Waals surface area (Å²) in [5, 5.41) is 3.56. The number of hydrogen-bond donors (Lipinski definition) is 1. The van der Waals surface area contributed by atoms with Crippen LogP contribution in [0.15, 0.2) is 0 Å². The van der Waals surface area contributed by atoms with E-state index in [0.717, 1.165) is 12.5 Å². The Balaban J connectivity index is 2.08. The van der Waals surface area contributed by atoms with Gasteiger partial charge in [0.2, 0.25) is 0 Å². The van der Waals surface area contributed by atoms with E-state index >= 15 is 0 Å². The van der Waals surface area contributed by atoms with Gasteiger partial charge in [0, 0.05) is 24.7 Å². The van der Waals surface area contributed by atoms with E-state index in [-0.39, 0.29) is 0 Å². The molecule has 0 aromatic carbocycles. The lowest BCUT2D eigenvalue weighted by Gasteiger charge is -2.47. The maximum Gasteiger partial charge on any atom is 0.0703 e. The first-order chi connectivity index (χ1) is 9.34. The molecule has 5 unspecified atom stereocenters. The van der Waals surface area contributed by atoms with Gasteiger partial charge in [-0.2, -0.15) is 0 Å². The smallest absolute Gasteiger partial charge is 0.0703 e. The van der Waals surface area contributed by atoms with Crippen LogP contribution in [0.1, 0.15) is 53.4 Å². The summed E-state index contributed by atoms with van der Waals surface area (Å²) in [6, 6.07) is 1.87. The lowest BCUT2D eigenvalue weighted by atomic mass is 9.69. The minimum absolute atomic E-state index is 0.382. The Morgan fingerprint density at radius 2 is 1.80 bits per heavy atom. The van der Waals surface area contributed by atoms with Crippen LogP contribution in [-0.4, -0.2) is 49.8 Å². The van der Waals surface area contributed by atoms with Crippen molar-refractivity contribution in [1.82, 2.24) is 10.2 Å². The number of hydrogen-bond acceptors (Lipinski definition) is 3. The van der Waals surface area contributed by atoms with Gasteiger partial charge in [0.15, 0.2) is 0 Å². The highest BCUT2D eigenvalue weighted by atomic mass is 16.5. The van der Waals surface area contributed by atoms with Gasteiger partial charge in [0.1, 0.15) is 0 Å². The van der Waals surface area contributed by atoms with Crippen molar-refractivity contribution in [3.63, 3.8) is 0 Å². The molecule has 2 rings (SSSR count). The van der Waals surface area contributed by atoms with Crippen LogP contribution in [0.5, 0.6) is 0 Å². The molecule has 0 aromatic heterocycles. The van der Waals surface area contributed by atoms with Crippen molar-refractivity contribution >= 4 is 0 Å². The van der Waals surface area contributed by atoms with Crippen molar-refractivity contribution in [3.05, 3.63) is 0 Å². The second-order valence-electron chi connectivity index (χ2n) is 7.94.